The summed E-state index contributed by atoms with van der Waals surface area (Å²) in [5.41, 5.74) is -1.17. The Kier molecular flexibility index (Phi) is 5.67. The molecule has 128 valence electrons. The third kappa shape index (κ3) is 5.71. The Morgan fingerprint density at radius 2 is 1.50 bits per heavy atom. The summed E-state index contributed by atoms with van der Waals surface area (Å²) in [6.45, 7) is 11.4. The van der Waals surface area contributed by atoms with Crippen LogP contribution in [0.3, 0.4) is 0 Å². The van der Waals surface area contributed by atoms with E-state index in [1.54, 1.807) is 41.5 Å². The molecule has 1 heterocycles. The lowest BCUT2D eigenvalue weighted by atomic mass is 10.1. The Bertz CT molecular complexity index is 411. The van der Waals surface area contributed by atoms with Crippen molar-refractivity contribution in [2.75, 3.05) is 26.2 Å². The predicted molar refractivity (Wildman–Crippen MR) is 81.6 cm³/mol. The van der Waals surface area contributed by atoms with Crippen LogP contribution < -0.4 is 0 Å². The molecular formula is C15H28N2O5. The molecule has 0 unspecified atom stereocenters. The molecule has 1 saturated heterocycles. The number of carbonyl (C=O) groups excluding carboxylic acids is 2. The Morgan fingerprint density at radius 3 is 1.95 bits per heavy atom. The van der Waals surface area contributed by atoms with E-state index in [9.17, 15) is 14.7 Å². The molecule has 0 aliphatic carbocycles. The van der Waals surface area contributed by atoms with Crippen LogP contribution in [0.2, 0.25) is 0 Å². The lowest BCUT2D eigenvalue weighted by Gasteiger charge is -2.41. The maximum Gasteiger partial charge on any atom is 0.410 e. The fourth-order valence-corrected chi connectivity index (χ4v) is 2.06. The molecule has 0 aromatic rings. The second-order valence-corrected chi connectivity index (χ2v) is 7.44. The molecule has 22 heavy (non-hydrogen) atoms. The zero-order valence-electron chi connectivity index (χ0n) is 14.4. The first-order valence-corrected chi connectivity index (χ1v) is 7.51. The molecule has 1 aliphatic heterocycles. The minimum Gasteiger partial charge on any atom is -0.444 e. The molecule has 1 fully saturated rings. The van der Waals surface area contributed by atoms with E-state index in [-0.39, 0.29) is 13.2 Å². The van der Waals surface area contributed by atoms with Gasteiger partial charge in [0.2, 0.25) is 0 Å². The summed E-state index contributed by atoms with van der Waals surface area (Å²) in [6.07, 6.45) is -0.912. The van der Waals surface area contributed by atoms with Gasteiger partial charge < -0.3 is 19.5 Å². The lowest BCUT2D eigenvalue weighted by Crippen LogP contribution is -2.59. The quantitative estimate of drug-likeness (QED) is 0.798. The van der Waals surface area contributed by atoms with Gasteiger partial charge in [-0.2, -0.15) is 0 Å². The Labute approximate surface area is 132 Å². The van der Waals surface area contributed by atoms with Crippen LogP contribution in [0.15, 0.2) is 0 Å². The molecule has 0 saturated carbocycles. The summed E-state index contributed by atoms with van der Waals surface area (Å²) in [6, 6.07) is -0.490. The first-order valence-electron chi connectivity index (χ1n) is 7.51. The summed E-state index contributed by atoms with van der Waals surface area (Å²) >= 11 is 0. The molecular weight excluding hydrogens is 288 g/mol. The zero-order chi connectivity index (χ0) is 17.1. The summed E-state index contributed by atoms with van der Waals surface area (Å²) < 4.78 is 10.6. The molecule has 2 amide bonds. The van der Waals surface area contributed by atoms with E-state index in [0.717, 1.165) is 0 Å². The number of aliphatic hydroxyl groups is 1. The van der Waals surface area contributed by atoms with Gasteiger partial charge in [0.15, 0.2) is 0 Å². The SMILES string of the molecule is CC(C)(C)OC(=O)N1CCN(C(=O)OC(C)(C)C)[C@@H](CO)C1. The van der Waals surface area contributed by atoms with Crippen LogP contribution in [0, 0.1) is 0 Å². The van der Waals surface area contributed by atoms with Crippen molar-refractivity contribution >= 4 is 12.2 Å². The maximum absolute atomic E-state index is 12.1. The zero-order valence-corrected chi connectivity index (χ0v) is 14.4. The van der Waals surface area contributed by atoms with Gasteiger partial charge in [-0.25, -0.2) is 9.59 Å². The highest BCUT2D eigenvalue weighted by molar-refractivity contribution is 5.71. The number of hydrogen-bond acceptors (Lipinski definition) is 5. The van der Waals surface area contributed by atoms with Crippen molar-refractivity contribution in [3.05, 3.63) is 0 Å². The number of ether oxygens (including phenoxy) is 2. The van der Waals surface area contributed by atoms with E-state index in [0.29, 0.717) is 13.1 Å². The molecule has 1 aliphatic rings. The van der Waals surface area contributed by atoms with Crippen LogP contribution in [-0.4, -0.2) is 70.6 Å². The highest BCUT2D eigenvalue weighted by Crippen LogP contribution is 2.18. The molecule has 7 nitrogen and oxygen atoms in total. The third-order valence-corrected chi connectivity index (χ3v) is 2.97. The molecule has 0 aromatic heterocycles. The monoisotopic (exact) mass is 316 g/mol. The second kappa shape index (κ2) is 6.73. The smallest absolute Gasteiger partial charge is 0.410 e. The first kappa shape index (κ1) is 18.5. The fraction of sp³-hybridized carbons (Fsp3) is 0.867. The van der Waals surface area contributed by atoms with Crippen molar-refractivity contribution in [2.24, 2.45) is 0 Å². The number of carbonyl (C=O) groups is 2. The number of nitrogens with zero attached hydrogens (tertiary/aromatic N) is 2. The van der Waals surface area contributed by atoms with Crippen molar-refractivity contribution in [2.45, 2.75) is 58.8 Å². The van der Waals surface area contributed by atoms with Gasteiger partial charge >= 0.3 is 12.2 Å². The minimum absolute atomic E-state index is 0.227. The molecule has 1 atom stereocenters. The van der Waals surface area contributed by atoms with E-state index in [1.165, 1.54) is 9.80 Å². The van der Waals surface area contributed by atoms with E-state index in [2.05, 4.69) is 0 Å². The summed E-state index contributed by atoms with van der Waals surface area (Å²) in [7, 11) is 0. The normalized spacial score (nSPS) is 19.9. The van der Waals surface area contributed by atoms with E-state index in [4.69, 9.17) is 9.47 Å². The molecule has 0 radical (unpaired) electrons. The van der Waals surface area contributed by atoms with Gasteiger partial charge in [-0.3, -0.25) is 4.90 Å². The number of amides is 2. The molecule has 0 aromatic carbocycles. The number of piperazine rings is 1. The standard InChI is InChI=1S/C15H28N2O5/c1-14(2,3)21-12(19)16-7-8-17(11(9-16)10-18)13(20)22-15(4,5)6/h11,18H,7-10H2,1-6H3/t11-/m1/s1. The van der Waals surface area contributed by atoms with Crippen LogP contribution in [-0.2, 0) is 9.47 Å². The lowest BCUT2D eigenvalue weighted by molar-refractivity contribution is -0.0227. The predicted octanol–water partition coefficient (Wildman–Crippen LogP) is 1.84. The van der Waals surface area contributed by atoms with Crippen LogP contribution in [0.1, 0.15) is 41.5 Å². The average molecular weight is 316 g/mol. The second-order valence-electron chi connectivity index (χ2n) is 7.44. The number of aliphatic hydroxyl groups excluding tert-OH is 1. The van der Waals surface area contributed by atoms with Crippen LogP contribution >= 0.6 is 0 Å². The topological polar surface area (TPSA) is 79.3 Å². The molecule has 7 heteroatoms. The van der Waals surface area contributed by atoms with Gasteiger partial charge in [-0.1, -0.05) is 0 Å². The Morgan fingerprint density at radius 1 is 1.00 bits per heavy atom. The van der Waals surface area contributed by atoms with Gasteiger partial charge in [-0.05, 0) is 41.5 Å². The largest absolute Gasteiger partial charge is 0.444 e. The molecule has 1 N–H and O–H groups in total. The highest BCUT2D eigenvalue weighted by atomic mass is 16.6. The van der Waals surface area contributed by atoms with E-state index < -0.39 is 29.4 Å². The number of hydrogen-bond donors (Lipinski definition) is 1. The summed E-state index contributed by atoms with van der Waals surface area (Å²) in [5.74, 6) is 0. The van der Waals surface area contributed by atoms with Gasteiger partial charge in [0.1, 0.15) is 11.2 Å². The molecule has 0 bridgehead atoms. The van der Waals surface area contributed by atoms with Crippen molar-refractivity contribution in [1.29, 1.82) is 0 Å². The summed E-state index contributed by atoms with van der Waals surface area (Å²) in [4.78, 5) is 27.2. The Balaban J connectivity index is 2.68. The molecule has 0 spiro atoms. The number of rotatable bonds is 1. The van der Waals surface area contributed by atoms with Gasteiger partial charge in [0, 0.05) is 19.6 Å². The van der Waals surface area contributed by atoms with E-state index in [1.807, 2.05) is 0 Å². The fourth-order valence-electron chi connectivity index (χ4n) is 2.06. The average Bonchev–Trinajstić information content (AvgIpc) is 2.33. The van der Waals surface area contributed by atoms with Crippen molar-refractivity contribution in [3.63, 3.8) is 0 Å². The van der Waals surface area contributed by atoms with Crippen molar-refractivity contribution in [1.82, 2.24) is 9.80 Å². The maximum atomic E-state index is 12.1. The minimum atomic E-state index is -0.598. The third-order valence-electron chi connectivity index (χ3n) is 2.97. The van der Waals surface area contributed by atoms with Crippen molar-refractivity contribution < 1.29 is 24.2 Å². The Hall–Kier alpha value is -1.50. The van der Waals surface area contributed by atoms with Gasteiger partial charge in [0.05, 0.1) is 12.6 Å². The highest BCUT2D eigenvalue weighted by Gasteiger charge is 2.35. The van der Waals surface area contributed by atoms with Crippen LogP contribution in [0.25, 0.3) is 0 Å². The van der Waals surface area contributed by atoms with Gasteiger partial charge in [0.25, 0.3) is 0 Å². The van der Waals surface area contributed by atoms with Crippen LogP contribution in [0.4, 0.5) is 9.59 Å². The van der Waals surface area contributed by atoms with E-state index >= 15 is 0 Å². The first-order chi connectivity index (χ1) is 9.93. The van der Waals surface area contributed by atoms with Gasteiger partial charge in [-0.15, -0.1) is 0 Å². The van der Waals surface area contributed by atoms with Crippen molar-refractivity contribution in [3.8, 4) is 0 Å². The molecule has 1 rings (SSSR count). The van der Waals surface area contributed by atoms with Crippen LogP contribution in [0.5, 0.6) is 0 Å². The summed E-state index contributed by atoms with van der Waals surface area (Å²) in [5, 5.41) is 9.51.